The lowest BCUT2D eigenvalue weighted by Crippen LogP contribution is -2.19. The van der Waals surface area contributed by atoms with Crippen molar-refractivity contribution in [2.24, 2.45) is 0 Å². The third kappa shape index (κ3) is 3.36. The molecule has 0 atom stereocenters. The average Bonchev–Trinajstić information content (AvgIpc) is 3.14. The van der Waals surface area contributed by atoms with Gasteiger partial charge >= 0.3 is 0 Å². The molecule has 6 heteroatoms. The van der Waals surface area contributed by atoms with Crippen molar-refractivity contribution in [2.45, 2.75) is 12.8 Å². The number of hydrogen-bond donors (Lipinski definition) is 2. The molecular formula is C21H17ClN2O2S. The minimum atomic E-state index is -0.292. The normalized spacial score (nSPS) is 12.1. The van der Waals surface area contributed by atoms with Crippen LogP contribution >= 0.6 is 22.9 Å². The number of carbonyl (C=O) groups is 2. The summed E-state index contributed by atoms with van der Waals surface area (Å²) in [6.07, 6.45) is 1.94. The minimum Gasteiger partial charge on any atom is -0.355 e. The highest BCUT2D eigenvalue weighted by Crippen LogP contribution is 2.39. The van der Waals surface area contributed by atoms with Crippen LogP contribution < -0.4 is 10.6 Å². The van der Waals surface area contributed by atoms with E-state index in [0.29, 0.717) is 21.2 Å². The smallest absolute Gasteiger partial charge is 0.265 e. The van der Waals surface area contributed by atoms with Crippen LogP contribution in [-0.4, -0.2) is 18.9 Å². The van der Waals surface area contributed by atoms with Crippen molar-refractivity contribution >= 4 is 40.4 Å². The van der Waals surface area contributed by atoms with E-state index in [2.05, 4.69) is 28.8 Å². The van der Waals surface area contributed by atoms with Gasteiger partial charge in [-0.25, -0.2) is 0 Å². The van der Waals surface area contributed by atoms with Gasteiger partial charge in [0.2, 0.25) is 0 Å². The topological polar surface area (TPSA) is 58.2 Å². The fourth-order valence-electron chi connectivity index (χ4n) is 3.29. The molecule has 4 rings (SSSR count). The summed E-state index contributed by atoms with van der Waals surface area (Å²) in [5, 5.41) is 5.76. The Hall–Kier alpha value is -2.63. The minimum absolute atomic E-state index is 0.183. The molecule has 0 spiro atoms. The molecule has 0 radical (unpaired) electrons. The predicted molar refractivity (Wildman–Crippen MR) is 110 cm³/mol. The number of anilines is 1. The highest BCUT2D eigenvalue weighted by Gasteiger charge is 2.21. The van der Waals surface area contributed by atoms with Crippen LogP contribution in [0.3, 0.4) is 0 Å². The van der Waals surface area contributed by atoms with Crippen LogP contribution in [0.15, 0.2) is 48.5 Å². The summed E-state index contributed by atoms with van der Waals surface area (Å²) >= 11 is 7.57. The summed E-state index contributed by atoms with van der Waals surface area (Å²) in [6, 6.07) is 15.2. The molecule has 0 bridgehead atoms. The molecule has 3 aromatic rings. The van der Waals surface area contributed by atoms with Crippen LogP contribution in [0.1, 0.15) is 31.2 Å². The van der Waals surface area contributed by atoms with Gasteiger partial charge in [-0.3, -0.25) is 9.59 Å². The van der Waals surface area contributed by atoms with Gasteiger partial charge in [0.1, 0.15) is 0 Å². The Morgan fingerprint density at radius 1 is 1.00 bits per heavy atom. The van der Waals surface area contributed by atoms with Gasteiger partial charge in [-0.2, -0.15) is 0 Å². The zero-order valence-electron chi connectivity index (χ0n) is 14.6. The van der Waals surface area contributed by atoms with Crippen molar-refractivity contribution in [1.29, 1.82) is 0 Å². The first-order chi connectivity index (χ1) is 13.1. The van der Waals surface area contributed by atoms with Gasteiger partial charge in [-0.15, -0.1) is 11.3 Å². The maximum atomic E-state index is 12.7. The molecule has 0 unspecified atom stereocenters. The third-order valence-electron chi connectivity index (χ3n) is 4.65. The van der Waals surface area contributed by atoms with E-state index in [1.165, 1.54) is 40.0 Å². The summed E-state index contributed by atoms with van der Waals surface area (Å²) in [4.78, 5) is 26.5. The number of aryl methyl sites for hydroxylation is 2. The predicted octanol–water partition coefficient (Wildman–Crippen LogP) is 4.78. The summed E-state index contributed by atoms with van der Waals surface area (Å²) in [6.45, 7) is 0. The SMILES string of the molecule is CNC(=O)c1cc(NC(=O)c2cc3c(s2)-c2ccccc2CC3)ccc1Cl. The number of rotatable bonds is 3. The fraction of sp³-hybridized carbons (Fsp3) is 0.143. The highest BCUT2D eigenvalue weighted by molar-refractivity contribution is 7.17. The van der Waals surface area contributed by atoms with Crippen molar-refractivity contribution in [1.82, 2.24) is 5.32 Å². The van der Waals surface area contributed by atoms with Crippen LogP contribution in [0.4, 0.5) is 5.69 Å². The second-order valence-corrected chi connectivity index (χ2v) is 7.81. The number of hydrogen-bond acceptors (Lipinski definition) is 3. The van der Waals surface area contributed by atoms with E-state index in [1.54, 1.807) is 18.2 Å². The molecule has 0 saturated carbocycles. The standard InChI is InChI=1S/C21H17ClN2O2S/c1-23-20(25)16-11-14(8-9-17(16)22)24-21(26)18-10-13-7-6-12-4-2-3-5-15(12)19(13)27-18/h2-5,8-11H,6-7H2,1H3,(H,23,25)(H,24,26). The molecular weight excluding hydrogens is 380 g/mol. The molecule has 27 heavy (non-hydrogen) atoms. The largest absolute Gasteiger partial charge is 0.355 e. The quantitative estimate of drug-likeness (QED) is 0.669. The van der Waals surface area contributed by atoms with Crippen LogP contribution in [0.5, 0.6) is 0 Å². The molecule has 0 aliphatic heterocycles. The van der Waals surface area contributed by atoms with Gasteiger partial charge < -0.3 is 10.6 Å². The van der Waals surface area contributed by atoms with E-state index in [-0.39, 0.29) is 11.8 Å². The molecule has 4 nitrogen and oxygen atoms in total. The van der Waals surface area contributed by atoms with E-state index >= 15 is 0 Å². The number of halogens is 1. The van der Waals surface area contributed by atoms with Gasteiger partial charge in [-0.1, -0.05) is 35.9 Å². The molecule has 1 aliphatic carbocycles. The van der Waals surface area contributed by atoms with Crippen molar-refractivity contribution in [3.8, 4) is 10.4 Å². The first kappa shape index (κ1) is 17.8. The Labute approximate surface area is 166 Å². The number of thiophene rings is 1. The first-order valence-corrected chi connectivity index (χ1v) is 9.80. The van der Waals surface area contributed by atoms with Crippen LogP contribution in [0.2, 0.25) is 5.02 Å². The van der Waals surface area contributed by atoms with Gasteiger partial charge in [0.05, 0.1) is 15.5 Å². The summed E-state index contributed by atoms with van der Waals surface area (Å²) in [5.74, 6) is -0.476. The highest BCUT2D eigenvalue weighted by atomic mass is 35.5. The van der Waals surface area contributed by atoms with Crippen LogP contribution in [0.25, 0.3) is 10.4 Å². The van der Waals surface area contributed by atoms with E-state index in [0.717, 1.165) is 12.8 Å². The van der Waals surface area contributed by atoms with E-state index in [1.807, 2.05) is 12.1 Å². The Balaban J connectivity index is 1.61. The molecule has 1 heterocycles. The van der Waals surface area contributed by atoms with E-state index < -0.39 is 0 Å². The zero-order chi connectivity index (χ0) is 19.0. The molecule has 2 N–H and O–H groups in total. The summed E-state index contributed by atoms with van der Waals surface area (Å²) in [5.41, 5.74) is 4.63. The van der Waals surface area contributed by atoms with Crippen LogP contribution in [0, 0.1) is 0 Å². The molecule has 1 aliphatic rings. The Morgan fingerprint density at radius 2 is 1.78 bits per heavy atom. The lowest BCUT2D eigenvalue weighted by molar-refractivity contribution is 0.0961. The molecule has 2 amide bonds. The number of nitrogens with one attached hydrogen (secondary N) is 2. The van der Waals surface area contributed by atoms with Crippen molar-refractivity contribution in [3.05, 3.63) is 75.1 Å². The van der Waals surface area contributed by atoms with Gasteiger partial charge in [0, 0.05) is 17.6 Å². The molecule has 2 aromatic carbocycles. The van der Waals surface area contributed by atoms with Crippen molar-refractivity contribution in [2.75, 3.05) is 12.4 Å². The molecule has 1 aromatic heterocycles. The lowest BCUT2D eigenvalue weighted by atomic mass is 9.91. The second kappa shape index (κ2) is 7.18. The van der Waals surface area contributed by atoms with Crippen LogP contribution in [-0.2, 0) is 12.8 Å². The first-order valence-electron chi connectivity index (χ1n) is 8.61. The average molecular weight is 397 g/mol. The van der Waals surface area contributed by atoms with Gasteiger partial charge in [0.15, 0.2) is 0 Å². The lowest BCUT2D eigenvalue weighted by Gasteiger charge is -2.15. The third-order valence-corrected chi connectivity index (χ3v) is 6.19. The number of carbonyl (C=O) groups excluding carboxylic acids is 2. The number of amides is 2. The number of fused-ring (bicyclic) bond motifs is 3. The molecule has 136 valence electrons. The maximum absolute atomic E-state index is 12.7. The van der Waals surface area contributed by atoms with E-state index in [9.17, 15) is 9.59 Å². The summed E-state index contributed by atoms with van der Waals surface area (Å²) in [7, 11) is 1.54. The summed E-state index contributed by atoms with van der Waals surface area (Å²) < 4.78 is 0. The van der Waals surface area contributed by atoms with Crippen molar-refractivity contribution < 1.29 is 9.59 Å². The van der Waals surface area contributed by atoms with Gasteiger partial charge in [-0.05, 0) is 53.8 Å². The Kier molecular flexibility index (Phi) is 4.72. The Morgan fingerprint density at radius 3 is 2.59 bits per heavy atom. The van der Waals surface area contributed by atoms with Crippen molar-refractivity contribution in [3.63, 3.8) is 0 Å². The number of benzene rings is 2. The van der Waals surface area contributed by atoms with E-state index in [4.69, 9.17) is 11.6 Å². The fourth-order valence-corrected chi connectivity index (χ4v) is 4.66. The maximum Gasteiger partial charge on any atom is 0.265 e. The molecule has 0 fully saturated rings. The Bertz CT molecular complexity index is 1060. The second-order valence-electron chi connectivity index (χ2n) is 6.35. The zero-order valence-corrected chi connectivity index (χ0v) is 16.2. The van der Waals surface area contributed by atoms with Gasteiger partial charge in [0.25, 0.3) is 11.8 Å². The monoisotopic (exact) mass is 396 g/mol. The molecule has 0 saturated heterocycles.